The molecule has 0 saturated carbocycles. The lowest BCUT2D eigenvalue weighted by Crippen LogP contribution is -2.01. The van der Waals surface area contributed by atoms with Gasteiger partial charge in [-0.05, 0) is 60.8 Å². The number of hydrogen-bond acceptors (Lipinski definition) is 0. The van der Waals surface area contributed by atoms with Gasteiger partial charge < -0.3 is 0 Å². The Morgan fingerprint density at radius 3 is 1.60 bits per heavy atom. The normalized spacial score (nSPS) is 12.5. The van der Waals surface area contributed by atoms with E-state index in [2.05, 4.69) is 80.0 Å². The van der Waals surface area contributed by atoms with Gasteiger partial charge in [0.25, 0.3) is 0 Å². The van der Waals surface area contributed by atoms with E-state index in [-0.39, 0.29) is 0 Å². The standard InChI is InChI=1S/C24H38.3C2H6/c1-11-17(3)13-14-19(5)20(6)15-16-21(7)23(9)24(10)22(8)18(4)12-2;3*1-2/h15-17,19H,4,6-7,9,11-14H2,1-3,5,8,10H3;3*1-2H3/b16-15-,24-22-;;;. The molecule has 0 bridgehead atoms. The van der Waals surface area contributed by atoms with Crippen molar-refractivity contribution in [1.29, 1.82) is 0 Å². The van der Waals surface area contributed by atoms with Gasteiger partial charge in [-0.3, -0.25) is 0 Å². The van der Waals surface area contributed by atoms with Gasteiger partial charge in [-0.2, -0.15) is 0 Å². The highest BCUT2D eigenvalue weighted by Crippen LogP contribution is 2.26. The number of allylic oxidation sites excluding steroid dienone is 8. The van der Waals surface area contributed by atoms with Crippen LogP contribution in [0.4, 0.5) is 0 Å². The summed E-state index contributed by atoms with van der Waals surface area (Å²) in [5.41, 5.74) is 6.66. The van der Waals surface area contributed by atoms with Crippen molar-refractivity contribution >= 4 is 0 Å². The minimum absolute atomic E-state index is 0.509. The van der Waals surface area contributed by atoms with Gasteiger partial charge in [-0.1, -0.05) is 132 Å². The Hall–Kier alpha value is -1.56. The highest BCUT2D eigenvalue weighted by molar-refractivity contribution is 5.53. The summed E-state index contributed by atoms with van der Waals surface area (Å²) >= 11 is 0. The highest BCUT2D eigenvalue weighted by Gasteiger charge is 2.08. The summed E-state index contributed by atoms with van der Waals surface area (Å²) in [7, 11) is 0. The lowest BCUT2D eigenvalue weighted by molar-refractivity contribution is 0.454. The first-order valence-electron chi connectivity index (χ1n) is 12.3. The third-order valence-electron chi connectivity index (χ3n) is 5.28. The average Bonchev–Trinajstić information content (AvgIpc) is 2.81. The van der Waals surface area contributed by atoms with Crippen molar-refractivity contribution in [3.63, 3.8) is 0 Å². The summed E-state index contributed by atoms with van der Waals surface area (Å²) in [5, 5.41) is 0. The van der Waals surface area contributed by atoms with Gasteiger partial charge in [0.2, 0.25) is 0 Å². The van der Waals surface area contributed by atoms with Crippen molar-refractivity contribution in [3.05, 3.63) is 71.9 Å². The predicted octanol–water partition coefficient (Wildman–Crippen LogP) is 11.1. The summed E-state index contributed by atoms with van der Waals surface area (Å²) in [4.78, 5) is 0. The molecule has 0 spiro atoms. The van der Waals surface area contributed by atoms with Gasteiger partial charge >= 0.3 is 0 Å². The monoisotopic (exact) mass is 416 g/mol. The van der Waals surface area contributed by atoms with Gasteiger partial charge in [0.15, 0.2) is 0 Å². The van der Waals surface area contributed by atoms with Crippen molar-refractivity contribution in [2.75, 3.05) is 0 Å². The Morgan fingerprint density at radius 2 is 1.20 bits per heavy atom. The Kier molecular flexibility index (Phi) is 28.3. The molecule has 0 aromatic rings. The van der Waals surface area contributed by atoms with E-state index < -0.39 is 0 Å². The Bertz CT molecular complexity index is 536. The van der Waals surface area contributed by atoms with Crippen molar-refractivity contribution in [1.82, 2.24) is 0 Å². The Labute approximate surface area is 192 Å². The van der Waals surface area contributed by atoms with E-state index in [1.165, 1.54) is 36.0 Å². The molecule has 0 aliphatic heterocycles. The van der Waals surface area contributed by atoms with E-state index in [1.807, 2.05) is 41.5 Å². The van der Waals surface area contributed by atoms with E-state index >= 15 is 0 Å². The lowest BCUT2D eigenvalue weighted by atomic mass is 9.90. The fourth-order valence-electron chi connectivity index (χ4n) is 2.39. The van der Waals surface area contributed by atoms with Crippen LogP contribution in [0.3, 0.4) is 0 Å². The second-order valence-corrected chi connectivity index (χ2v) is 7.11. The zero-order valence-corrected chi connectivity index (χ0v) is 23.0. The summed E-state index contributed by atoms with van der Waals surface area (Å²) in [5.74, 6) is 1.30. The van der Waals surface area contributed by atoms with Crippen molar-refractivity contribution in [2.45, 2.75) is 109 Å². The SMILES string of the molecule is C=C(/C=C\C(=C)C(C)CCC(C)CC)C(=C)/C(C)=C(/C)C(=C)CC.CC.CC.CC. The van der Waals surface area contributed by atoms with Crippen LogP contribution in [0.5, 0.6) is 0 Å². The molecule has 0 aliphatic carbocycles. The second-order valence-electron chi connectivity index (χ2n) is 7.11. The molecule has 0 heteroatoms. The van der Waals surface area contributed by atoms with Crippen molar-refractivity contribution in [3.8, 4) is 0 Å². The van der Waals surface area contributed by atoms with Crippen LogP contribution in [0.1, 0.15) is 109 Å². The molecule has 0 fully saturated rings. The average molecular weight is 417 g/mol. The Morgan fingerprint density at radius 1 is 0.733 bits per heavy atom. The summed E-state index contributed by atoms with van der Waals surface area (Å²) in [6, 6.07) is 0. The summed E-state index contributed by atoms with van der Waals surface area (Å²) in [6.07, 6.45) is 8.82. The molecule has 0 aromatic carbocycles. The quantitative estimate of drug-likeness (QED) is 0.294. The maximum Gasteiger partial charge on any atom is -0.0196 e. The molecule has 0 saturated heterocycles. The first-order valence-corrected chi connectivity index (χ1v) is 12.3. The first kappa shape index (κ1) is 35.9. The molecular weight excluding hydrogens is 360 g/mol. The molecule has 176 valence electrons. The number of hydrogen-bond donors (Lipinski definition) is 0. The van der Waals surface area contributed by atoms with Crippen molar-refractivity contribution in [2.24, 2.45) is 11.8 Å². The maximum atomic E-state index is 4.23. The van der Waals surface area contributed by atoms with Crippen LogP contribution in [-0.2, 0) is 0 Å². The molecule has 0 radical (unpaired) electrons. The lowest BCUT2D eigenvalue weighted by Gasteiger charge is -2.15. The van der Waals surface area contributed by atoms with Gasteiger partial charge in [-0.15, -0.1) is 0 Å². The highest BCUT2D eigenvalue weighted by atomic mass is 14.1. The summed E-state index contributed by atoms with van der Waals surface area (Å²) < 4.78 is 0. The molecule has 0 nitrogen and oxygen atoms in total. The van der Waals surface area contributed by atoms with E-state index in [0.29, 0.717) is 5.92 Å². The van der Waals surface area contributed by atoms with E-state index in [0.717, 1.165) is 29.1 Å². The van der Waals surface area contributed by atoms with E-state index in [1.54, 1.807) is 0 Å². The molecule has 2 unspecified atom stereocenters. The van der Waals surface area contributed by atoms with Crippen LogP contribution in [0.2, 0.25) is 0 Å². The smallest absolute Gasteiger partial charge is 0.0196 e. The minimum Gasteiger partial charge on any atom is -0.0956 e. The molecule has 2 atom stereocenters. The van der Waals surface area contributed by atoms with Crippen LogP contribution in [-0.4, -0.2) is 0 Å². The van der Waals surface area contributed by atoms with E-state index in [9.17, 15) is 0 Å². The zero-order valence-electron chi connectivity index (χ0n) is 23.0. The minimum atomic E-state index is 0.509. The first-order chi connectivity index (χ1) is 14.1. The second kappa shape index (κ2) is 23.7. The van der Waals surface area contributed by atoms with Crippen LogP contribution in [0.25, 0.3) is 0 Å². The topological polar surface area (TPSA) is 0 Å². The van der Waals surface area contributed by atoms with Gasteiger partial charge in [-0.25, -0.2) is 0 Å². The number of rotatable bonds is 11. The van der Waals surface area contributed by atoms with Crippen molar-refractivity contribution < 1.29 is 0 Å². The largest absolute Gasteiger partial charge is 0.0956 e. The van der Waals surface area contributed by atoms with Gasteiger partial charge in [0, 0.05) is 0 Å². The fourth-order valence-corrected chi connectivity index (χ4v) is 2.39. The molecular formula is C30H56. The van der Waals surface area contributed by atoms with Crippen LogP contribution < -0.4 is 0 Å². The van der Waals surface area contributed by atoms with Crippen LogP contribution in [0.15, 0.2) is 71.9 Å². The van der Waals surface area contributed by atoms with Gasteiger partial charge in [0.1, 0.15) is 0 Å². The summed E-state index contributed by atoms with van der Waals surface area (Å²) in [6.45, 7) is 41.9. The molecule has 30 heavy (non-hydrogen) atoms. The molecule has 0 heterocycles. The maximum absolute atomic E-state index is 4.23. The third-order valence-corrected chi connectivity index (χ3v) is 5.28. The molecule has 0 amide bonds. The fraction of sp³-hybridized carbons (Fsp3) is 0.600. The van der Waals surface area contributed by atoms with Crippen LogP contribution >= 0.6 is 0 Å². The third kappa shape index (κ3) is 16.3. The molecule has 0 rings (SSSR count). The molecule has 0 aromatic heterocycles. The van der Waals surface area contributed by atoms with Crippen LogP contribution in [0, 0.1) is 11.8 Å². The molecule has 0 N–H and O–H groups in total. The molecule has 0 aliphatic rings. The van der Waals surface area contributed by atoms with E-state index in [4.69, 9.17) is 0 Å². The van der Waals surface area contributed by atoms with Gasteiger partial charge in [0.05, 0.1) is 0 Å². The predicted molar refractivity (Wildman–Crippen MR) is 146 cm³/mol. The zero-order chi connectivity index (χ0) is 24.9. The Balaban J connectivity index is -0.000000512.